The number of amides is 1. The number of hydrogen-bond donors (Lipinski definition) is 1. The summed E-state index contributed by atoms with van der Waals surface area (Å²) in [6.45, 7) is 1.91. The van der Waals surface area contributed by atoms with Crippen molar-refractivity contribution in [1.29, 1.82) is 0 Å². The smallest absolute Gasteiger partial charge is 0.270 e. The number of nitrogens with one attached hydrogen (secondary N) is 1. The lowest BCUT2D eigenvalue weighted by Gasteiger charge is -2.20. The molecule has 0 atom stereocenters. The standard InChI is InChI=1S/C19H20FN3O3/c20-17-6-2-1-5-14(17)9-10-21-19(24)16-13-15(23(25)26)7-8-18(16)22-11-3-4-12-22/h1-2,5-8,13H,3-4,9-12H2,(H,21,24). The zero-order valence-corrected chi connectivity index (χ0v) is 14.3. The molecule has 26 heavy (non-hydrogen) atoms. The molecule has 1 saturated heterocycles. The van der Waals surface area contributed by atoms with Gasteiger partial charge in [-0.2, -0.15) is 0 Å². The minimum Gasteiger partial charge on any atom is -0.371 e. The third-order valence-corrected chi connectivity index (χ3v) is 4.52. The second kappa shape index (κ2) is 7.95. The van der Waals surface area contributed by atoms with Crippen molar-refractivity contribution in [1.82, 2.24) is 5.32 Å². The summed E-state index contributed by atoms with van der Waals surface area (Å²) in [5.74, 6) is -0.693. The van der Waals surface area contributed by atoms with Crippen LogP contribution in [0.15, 0.2) is 42.5 Å². The Morgan fingerprint density at radius 1 is 1.19 bits per heavy atom. The highest BCUT2D eigenvalue weighted by Gasteiger charge is 2.22. The first kappa shape index (κ1) is 17.8. The summed E-state index contributed by atoms with van der Waals surface area (Å²) in [5.41, 5.74) is 1.39. The van der Waals surface area contributed by atoms with Crippen LogP contribution in [-0.4, -0.2) is 30.5 Å². The lowest BCUT2D eigenvalue weighted by Crippen LogP contribution is -2.29. The van der Waals surface area contributed by atoms with Crippen molar-refractivity contribution in [3.05, 3.63) is 69.5 Å². The van der Waals surface area contributed by atoms with Crippen LogP contribution in [0.2, 0.25) is 0 Å². The molecule has 0 radical (unpaired) electrons. The number of carbonyl (C=O) groups is 1. The Bertz CT molecular complexity index is 819. The summed E-state index contributed by atoms with van der Waals surface area (Å²) < 4.78 is 13.7. The molecular formula is C19H20FN3O3. The van der Waals surface area contributed by atoms with Crippen molar-refractivity contribution in [2.45, 2.75) is 19.3 Å². The number of halogens is 1. The predicted molar refractivity (Wildman–Crippen MR) is 97.0 cm³/mol. The molecule has 0 aromatic heterocycles. The first-order valence-electron chi connectivity index (χ1n) is 8.61. The number of nitro benzene ring substituents is 1. The number of benzene rings is 2. The van der Waals surface area contributed by atoms with Gasteiger partial charge in [0.25, 0.3) is 11.6 Å². The van der Waals surface area contributed by atoms with Gasteiger partial charge in [0.05, 0.1) is 16.2 Å². The van der Waals surface area contributed by atoms with Crippen LogP contribution in [0, 0.1) is 15.9 Å². The van der Waals surface area contributed by atoms with Crippen molar-refractivity contribution in [3.63, 3.8) is 0 Å². The van der Waals surface area contributed by atoms with Crippen molar-refractivity contribution < 1.29 is 14.1 Å². The van der Waals surface area contributed by atoms with E-state index in [9.17, 15) is 19.3 Å². The number of carbonyl (C=O) groups excluding carboxylic acids is 1. The van der Waals surface area contributed by atoms with E-state index in [1.54, 1.807) is 24.3 Å². The molecule has 3 rings (SSSR count). The fraction of sp³-hybridized carbons (Fsp3) is 0.316. The molecule has 0 aliphatic carbocycles. The Morgan fingerprint density at radius 2 is 1.92 bits per heavy atom. The molecule has 7 heteroatoms. The highest BCUT2D eigenvalue weighted by Crippen LogP contribution is 2.28. The van der Waals surface area contributed by atoms with Crippen LogP contribution in [0.3, 0.4) is 0 Å². The van der Waals surface area contributed by atoms with E-state index in [0.29, 0.717) is 17.7 Å². The van der Waals surface area contributed by atoms with Gasteiger partial charge in [0.2, 0.25) is 0 Å². The molecule has 2 aromatic rings. The Labute approximate surface area is 150 Å². The number of nitro groups is 1. The van der Waals surface area contributed by atoms with E-state index < -0.39 is 4.92 Å². The van der Waals surface area contributed by atoms with E-state index in [4.69, 9.17) is 0 Å². The topological polar surface area (TPSA) is 75.5 Å². The van der Waals surface area contributed by atoms with E-state index in [1.165, 1.54) is 18.2 Å². The summed E-state index contributed by atoms with van der Waals surface area (Å²) >= 11 is 0. The summed E-state index contributed by atoms with van der Waals surface area (Å²) in [6.07, 6.45) is 2.42. The predicted octanol–water partition coefficient (Wildman–Crippen LogP) is 3.31. The number of nitrogens with zero attached hydrogens (tertiary/aromatic N) is 2. The number of anilines is 1. The average Bonchev–Trinajstić information content (AvgIpc) is 3.17. The van der Waals surface area contributed by atoms with Gasteiger partial charge in [-0.1, -0.05) is 18.2 Å². The molecule has 6 nitrogen and oxygen atoms in total. The molecular weight excluding hydrogens is 337 g/mol. The lowest BCUT2D eigenvalue weighted by atomic mass is 10.1. The van der Waals surface area contributed by atoms with Gasteiger partial charge in [-0.05, 0) is 37.0 Å². The van der Waals surface area contributed by atoms with E-state index >= 15 is 0 Å². The van der Waals surface area contributed by atoms with Crippen LogP contribution in [0.25, 0.3) is 0 Å². The van der Waals surface area contributed by atoms with Crippen LogP contribution >= 0.6 is 0 Å². The maximum absolute atomic E-state index is 13.7. The maximum atomic E-state index is 13.7. The minimum absolute atomic E-state index is 0.118. The molecule has 136 valence electrons. The molecule has 1 aliphatic heterocycles. The van der Waals surface area contributed by atoms with E-state index in [1.807, 2.05) is 0 Å². The quantitative estimate of drug-likeness (QED) is 0.636. The van der Waals surface area contributed by atoms with E-state index in [2.05, 4.69) is 10.2 Å². The molecule has 1 fully saturated rings. The van der Waals surface area contributed by atoms with Crippen LogP contribution < -0.4 is 10.2 Å². The van der Waals surface area contributed by atoms with Gasteiger partial charge in [-0.25, -0.2) is 4.39 Å². The second-order valence-electron chi connectivity index (χ2n) is 6.25. The van der Waals surface area contributed by atoms with E-state index in [-0.39, 0.29) is 29.5 Å². The van der Waals surface area contributed by atoms with Gasteiger partial charge >= 0.3 is 0 Å². The number of rotatable bonds is 6. The third kappa shape index (κ3) is 3.99. The van der Waals surface area contributed by atoms with Crippen LogP contribution in [0.1, 0.15) is 28.8 Å². The molecule has 1 aliphatic rings. The second-order valence-corrected chi connectivity index (χ2v) is 6.25. The fourth-order valence-corrected chi connectivity index (χ4v) is 3.16. The van der Waals surface area contributed by atoms with Gasteiger partial charge in [0.15, 0.2) is 0 Å². The van der Waals surface area contributed by atoms with Gasteiger partial charge in [-0.15, -0.1) is 0 Å². The summed E-state index contributed by atoms with van der Waals surface area (Å²) in [7, 11) is 0. The zero-order valence-electron chi connectivity index (χ0n) is 14.3. The largest absolute Gasteiger partial charge is 0.371 e. The van der Waals surface area contributed by atoms with Crippen molar-refractivity contribution in [2.24, 2.45) is 0 Å². The van der Waals surface area contributed by atoms with Crippen molar-refractivity contribution >= 4 is 17.3 Å². The number of hydrogen-bond acceptors (Lipinski definition) is 4. The molecule has 0 bridgehead atoms. The Balaban J connectivity index is 1.75. The molecule has 0 spiro atoms. The first-order valence-corrected chi connectivity index (χ1v) is 8.61. The first-order chi connectivity index (χ1) is 12.6. The van der Waals surface area contributed by atoms with Gasteiger partial charge < -0.3 is 10.2 Å². The van der Waals surface area contributed by atoms with E-state index in [0.717, 1.165) is 25.9 Å². The highest BCUT2D eigenvalue weighted by molar-refractivity contribution is 6.00. The summed E-state index contributed by atoms with van der Waals surface area (Å²) in [5, 5.41) is 13.8. The molecule has 1 heterocycles. The summed E-state index contributed by atoms with van der Waals surface area (Å²) in [4.78, 5) is 25.2. The SMILES string of the molecule is O=C(NCCc1ccccc1F)c1cc([N+](=O)[O-])ccc1N1CCCC1. The van der Waals surface area contributed by atoms with Gasteiger partial charge in [0, 0.05) is 31.8 Å². The monoisotopic (exact) mass is 357 g/mol. The normalized spacial score (nSPS) is 13.7. The molecule has 2 aromatic carbocycles. The molecule has 1 N–H and O–H groups in total. The van der Waals surface area contributed by atoms with Crippen LogP contribution in [0.4, 0.5) is 15.8 Å². The lowest BCUT2D eigenvalue weighted by molar-refractivity contribution is -0.384. The average molecular weight is 357 g/mol. The van der Waals surface area contributed by atoms with Gasteiger partial charge in [-0.3, -0.25) is 14.9 Å². The molecule has 0 unspecified atom stereocenters. The highest BCUT2D eigenvalue weighted by atomic mass is 19.1. The van der Waals surface area contributed by atoms with Crippen molar-refractivity contribution in [3.8, 4) is 0 Å². The van der Waals surface area contributed by atoms with Gasteiger partial charge in [0.1, 0.15) is 5.82 Å². The molecule has 1 amide bonds. The number of non-ortho nitro benzene ring substituents is 1. The minimum atomic E-state index is -0.510. The third-order valence-electron chi connectivity index (χ3n) is 4.52. The molecule has 0 saturated carbocycles. The summed E-state index contributed by atoms with van der Waals surface area (Å²) in [6, 6.07) is 10.8. The fourth-order valence-electron chi connectivity index (χ4n) is 3.16. The van der Waals surface area contributed by atoms with Crippen LogP contribution in [-0.2, 0) is 6.42 Å². The Kier molecular flexibility index (Phi) is 5.46. The maximum Gasteiger partial charge on any atom is 0.270 e. The van der Waals surface area contributed by atoms with Crippen LogP contribution in [0.5, 0.6) is 0 Å². The Morgan fingerprint density at radius 3 is 2.62 bits per heavy atom. The van der Waals surface area contributed by atoms with Crippen molar-refractivity contribution in [2.75, 3.05) is 24.5 Å². The zero-order chi connectivity index (χ0) is 18.5. The Hall–Kier alpha value is -2.96.